The lowest BCUT2D eigenvalue weighted by Crippen LogP contribution is -2.26. The normalized spacial score (nSPS) is 10.5. The number of aromatic nitrogens is 2. The number of aliphatic hydroxyl groups excluding tert-OH is 1. The molecule has 0 radical (unpaired) electrons. The molecule has 0 saturated carbocycles. The number of nitrogens with one attached hydrogen (secondary N) is 1. The van der Waals surface area contributed by atoms with Crippen molar-refractivity contribution in [2.75, 3.05) is 31.7 Å². The molecule has 1 heterocycles. The van der Waals surface area contributed by atoms with Crippen LogP contribution in [0.25, 0.3) is 0 Å². The van der Waals surface area contributed by atoms with Gasteiger partial charge in [-0.25, -0.2) is 4.68 Å². The van der Waals surface area contributed by atoms with E-state index in [1.165, 1.54) is 6.20 Å². The minimum atomic E-state index is -0.415. The molecule has 96 valence electrons. The fourth-order valence-electron chi connectivity index (χ4n) is 1.24. The second-order valence-electron chi connectivity index (χ2n) is 3.25. The molecule has 2 N–H and O–H groups in total. The molecule has 0 fully saturated rings. The molecule has 0 aliphatic carbocycles. The highest BCUT2D eigenvalue weighted by molar-refractivity contribution is 6.32. The number of hydrogen-bond acceptors (Lipinski definition) is 5. The SMILES string of the molecule is CCOCCNc1cnn(CCO)c(=O)c1Cl. The first kappa shape index (κ1) is 14.0. The summed E-state index contributed by atoms with van der Waals surface area (Å²) in [4.78, 5) is 11.7. The van der Waals surface area contributed by atoms with Gasteiger partial charge >= 0.3 is 0 Å². The van der Waals surface area contributed by atoms with Gasteiger partial charge in [-0.1, -0.05) is 11.6 Å². The summed E-state index contributed by atoms with van der Waals surface area (Å²) < 4.78 is 6.27. The lowest BCUT2D eigenvalue weighted by Gasteiger charge is -2.09. The molecule has 0 aromatic carbocycles. The Morgan fingerprint density at radius 2 is 2.41 bits per heavy atom. The van der Waals surface area contributed by atoms with Gasteiger partial charge in [-0.15, -0.1) is 0 Å². The van der Waals surface area contributed by atoms with E-state index in [-0.39, 0.29) is 18.2 Å². The molecule has 1 aromatic heterocycles. The third-order valence-corrected chi connectivity index (χ3v) is 2.43. The number of ether oxygens (including phenoxy) is 1. The Labute approximate surface area is 104 Å². The van der Waals surface area contributed by atoms with E-state index in [4.69, 9.17) is 21.4 Å². The summed E-state index contributed by atoms with van der Waals surface area (Å²) in [5, 5.41) is 15.7. The maximum absolute atomic E-state index is 11.7. The van der Waals surface area contributed by atoms with Gasteiger partial charge in [0.15, 0.2) is 0 Å². The zero-order valence-electron chi connectivity index (χ0n) is 9.65. The largest absolute Gasteiger partial charge is 0.394 e. The Morgan fingerprint density at radius 1 is 1.65 bits per heavy atom. The molecule has 17 heavy (non-hydrogen) atoms. The van der Waals surface area contributed by atoms with Crippen molar-refractivity contribution in [2.24, 2.45) is 0 Å². The molecule has 1 aromatic rings. The Kier molecular flexibility index (Phi) is 5.96. The average molecular weight is 262 g/mol. The molecule has 0 aliphatic rings. The van der Waals surface area contributed by atoms with Gasteiger partial charge in [0.05, 0.1) is 31.6 Å². The van der Waals surface area contributed by atoms with Crippen LogP contribution in [-0.4, -0.2) is 41.3 Å². The van der Waals surface area contributed by atoms with E-state index in [9.17, 15) is 4.79 Å². The topological polar surface area (TPSA) is 76.4 Å². The number of hydrogen-bond donors (Lipinski definition) is 2. The summed E-state index contributed by atoms with van der Waals surface area (Å²) in [6, 6.07) is 0. The van der Waals surface area contributed by atoms with E-state index in [2.05, 4.69) is 10.4 Å². The van der Waals surface area contributed by atoms with Gasteiger partial charge in [0.1, 0.15) is 5.02 Å². The van der Waals surface area contributed by atoms with E-state index in [1.807, 2.05) is 6.92 Å². The number of aliphatic hydroxyl groups is 1. The fraction of sp³-hybridized carbons (Fsp3) is 0.600. The number of halogens is 1. The van der Waals surface area contributed by atoms with E-state index in [0.717, 1.165) is 4.68 Å². The molecule has 0 atom stereocenters. The molecule has 0 amide bonds. The van der Waals surface area contributed by atoms with Crippen LogP contribution in [0.15, 0.2) is 11.0 Å². The van der Waals surface area contributed by atoms with Gasteiger partial charge in [0, 0.05) is 13.2 Å². The molecule has 6 nitrogen and oxygen atoms in total. The number of rotatable bonds is 7. The lowest BCUT2D eigenvalue weighted by molar-refractivity contribution is 0.158. The molecule has 1 rings (SSSR count). The Balaban J connectivity index is 2.68. The summed E-state index contributed by atoms with van der Waals surface area (Å²) in [7, 11) is 0. The first-order valence-electron chi connectivity index (χ1n) is 5.38. The molecule has 0 unspecified atom stereocenters. The summed E-state index contributed by atoms with van der Waals surface area (Å²) in [6.45, 7) is 3.62. The van der Waals surface area contributed by atoms with Crippen molar-refractivity contribution >= 4 is 17.3 Å². The summed E-state index contributed by atoms with van der Waals surface area (Å²) in [5.41, 5.74) is 0.0627. The second kappa shape index (κ2) is 7.26. The van der Waals surface area contributed by atoms with Crippen LogP contribution >= 0.6 is 11.6 Å². The molecule has 0 saturated heterocycles. The lowest BCUT2D eigenvalue weighted by atomic mass is 10.4. The van der Waals surface area contributed by atoms with Crippen molar-refractivity contribution in [3.05, 3.63) is 21.6 Å². The maximum atomic E-state index is 11.7. The van der Waals surface area contributed by atoms with Crippen LogP contribution < -0.4 is 10.9 Å². The maximum Gasteiger partial charge on any atom is 0.287 e. The van der Waals surface area contributed by atoms with Crippen molar-refractivity contribution < 1.29 is 9.84 Å². The molecule has 0 spiro atoms. The summed E-state index contributed by atoms with van der Waals surface area (Å²) in [6.07, 6.45) is 1.46. The third-order valence-electron chi connectivity index (χ3n) is 2.06. The van der Waals surface area contributed by atoms with E-state index in [1.54, 1.807) is 0 Å². The van der Waals surface area contributed by atoms with Crippen molar-refractivity contribution in [1.29, 1.82) is 0 Å². The van der Waals surface area contributed by atoms with Crippen LogP contribution in [0.1, 0.15) is 6.92 Å². The van der Waals surface area contributed by atoms with Gasteiger partial charge in [-0.05, 0) is 6.92 Å². The van der Waals surface area contributed by atoms with Crippen LogP contribution in [0.3, 0.4) is 0 Å². The highest BCUT2D eigenvalue weighted by Crippen LogP contribution is 2.14. The highest BCUT2D eigenvalue weighted by atomic mass is 35.5. The monoisotopic (exact) mass is 261 g/mol. The van der Waals surface area contributed by atoms with Crippen molar-refractivity contribution in [3.8, 4) is 0 Å². The zero-order valence-corrected chi connectivity index (χ0v) is 10.4. The molecule has 0 aliphatic heterocycles. The molecule has 0 bridgehead atoms. The Bertz CT molecular complexity index is 408. The van der Waals surface area contributed by atoms with Crippen LogP contribution in [0, 0.1) is 0 Å². The minimum Gasteiger partial charge on any atom is -0.394 e. The van der Waals surface area contributed by atoms with E-state index in [0.29, 0.717) is 25.4 Å². The first-order chi connectivity index (χ1) is 8.20. The average Bonchev–Trinajstić information content (AvgIpc) is 2.33. The van der Waals surface area contributed by atoms with Crippen LogP contribution in [-0.2, 0) is 11.3 Å². The second-order valence-corrected chi connectivity index (χ2v) is 3.63. The van der Waals surface area contributed by atoms with Crippen LogP contribution in [0.4, 0.5) is 5.69 Å². The number of nitrogens with zero attached hydrogens (tertiary/aromatic N) is 2. The predicted octanol–water partition coefficient (Wildman–Crippen LogP) is 0.337. The minimum absolute atomic E-state index is 0.0740. The smallest absolute Gasteiger partial charge is 0.287 e. The molecular weight excluding hydrogens is 246 g/mol. The van der Waals surface area contributed by atoms with Crippen molar-refractivity contribution in [3.63, 3.8) is 0 Å². The van der Waals surface area contributed by atoms with Gasteiger partial charge < -0.3 is 15.2 Å². The van der Waals surface area contributed by atoms with E-state index >= 15 is 0 Å². The van der Waals surface area contributed by atoms with E-state index < -0.39 is 5.56 Å². The molecular formula is C10H16ClN3O3. The Hall–Kier alpha value is -1.11. The number of anilines is 1. The third kappa shape index (κ3) is 3.99. The van der Waals surface area contributed by atoms with Gasteiger partial charge in [-0.2, -0.15) is 5.10 Å². The van der Waals surface area contributed by atoms with Crippen LogP contribution in [0.2, 0.25) is 5.02 Å². The fourth-order valence-corrected chi connectivity index (χ4v) is 1.46. The predicted molar refractivity (Wildman–Crippen MR) is 65.6 cm³/mol. The van der Waals surface area contributed by atoms with Gasteiger partial charge in [0.2, 0.25) is 0 Å². The van der Waals surface area contributed by atoms with Gasteiger partial charge in [0.25, 0.3) is 5.56 Å². The standard InChI is InChI=1S/C10H16ClN3O3/c1-2-17-6-3-12-8-7-13-14(4-5-15)10(16)9(8)11/h7,12,15H,2-6H2,1H3. The summed E-state index contributed by atoms with van der Waals surface area (Å²) >= 11 is 5.89. The van der Waals surface area contributed by atoms with Crippen LogP contribution in [0.5, 0.6) is 0 Å². The zero-order chi connectivity index (χ0) is 12.7. The van der Waals surface area contributed by atoms with Crippen molar-refractivity contribution in [2.45, 2.75) is 13.5 Å². The quantitative estimate of drug-likeness (QED) is 0.692. The molecule has 7 heteroatoms. The Morgan fingerprint density at radius 3 is 3.06 bits per heavy atom. The summed E-state index contributed by atoms with van der Waals surface area (Å²) in [5.74, 6) is 0. The first-order valence-corrected chi connectivity index (χ1v) is 5.76. The highest BCUT2D eigenvalue weighted by Gasteiger charge is 2.08. The van der Waals surface area contributed by atoms with Crippen molar-refractivity contribution in [1.82, 2.24) is 9.78 Å². The van der Waals surface area contributed by atoms with Gasteiger partial charge in [-0.3, -0.25) is 4.79 Å².